The molecule has 22 heavy (non-hydrogen) atoms. The van der Waals surface area contributed by atoms with Crippen LogP contribution in [-0.4, -0.2) is 25.8 Å². The van der Waals surface area contributed by atoms with Gasteiger partial charge in [0, 0.05) is 6.07 Å². The van der Waals surface area contributed by atoms with Gasteiger partial charge in [-0.05, 0) is 36.4 Å². The highest BCUT2D eigenvalue weighted by Gasteiger charge is 2.46. The maximum Gasteiger partial charge on any atom is 0.190 e. The summed E-state index contributed by atoms with van der Waals surface area (Å²) >= 11 is 1.54. The van der Waals surface area contributed by atoms with E-state index in [1.165, 1.54) is 11.8 Å². The molecule has 4 heteroatoms. The van der Waals surface area contributed by atoms with Crippen LogP contribution in [0, 0.1) is 6.92 Å². The normalized spacial score (nSPS) is 20.2. The summed E-state index contributed by atoms with van der Waals surface area (Å²) in [6.07, 6.45) is 1.96. The molecule has 1 aliphatic heterocycles. The third-order valence-corrected chi connectivity index (χ3v) is 5.38. The molecule has 114 valence electrons. The van der Waals surface area contributed by atoms with Crippen LogP contribution in [0.4, 0.5) is 0 Å². The molecule has 0 radical (unpaired) electrons. The molecule has 0 aliphatic carbocycles. The molecule has 1 heterocycles. The number of ketones is 1. The second kappa shape index (κ2) is 5.69. The Hall–Kier alpha value is -1.94. The van der Waals surface area contributed by atoms with Crippen molar-refractivity contribution in [2.24, 2.45) is 0 Å². The van der Waals surface area contributed by atoms with Gasteiger partial charge in [-0.15, -0.1) is 11.8 Å². The molecule has 0 fully saturated rings. The number of fused-ring (bicyclic) bond motifs is 1. The average Bonchev–Trinajstić information content (AvgIpc) is 2.56. The number of hydrogen-bond donors (Lipinski definition) is 0. The van der Waals surface area contributed by atoms with Gasteiger partial charge in [-0.2, -0.15) is 0 Å². The summed E-state index contributed by atoms with van der Waals surface area (Å²) in [6, 6.07) is 13.4. The van der Waals surface area contributed by atoms with Crippen LogP contribution in [0.25, 0.3) is 0 Å². The van der Waals surface area contributed by atoms with Gasteiger partial charge in [-0.1, -0.05) is 24.3 Å². The van der Waals surface area contributed by atoms with Gasteiger partial charge >= 0.3 is 0 Å². The number of rotatable bonds is 3. The van der Waals surface area contributed by atoms with Crippen LogP contribution < -0.4 is 9.47 Å². The van der Waals surface area contributed by atoms with E-state index >= 15 is 0 Å². The van der Waals surface area contributed by atoms with Crippen LogP contribution in [0.3, 0.4) is 0 Å². The summed E-state index contributed by atoms with van der Waals surface area (Å²) in [4.78, 5) is 13.2. The van der Waals surface area contributed by atoms with Crippen molar-refractivity contribution < 1.29 is 14.3 Å². The molecule has 0 saturated carbocycles. The molecule has 0 aromatic heterocycles. The molecule has 1 unspecified atom stereocenters. The molecule has 0 spiro atoms. The van der Waals surface area contributed by atoms with Crippen molar-refractivity contribution >= 4 is 17.5 Å². The third-order valence-electron chi connectivity index (χ3n) is 4.16. The maximum absolute atomic E-state index is 13.2. The van der Waals surface area contributed by atoms with E-state index in [1.54, 1.807) is 25.3 Å². The number of thioether (sulfide) groups is 1. The van der Waals surface area contributed by atoms with Crippen LogP contribution in [-0.2, 0) is 4.75 Å². The number of ether oxygens (including phenoxy) is 2. The van der Waals surface area contributed by atoms with Gasteiger partial charge in [0.1, 0.15) is 22.9 Å². The zero-order valence-corrected chi connectivity index (χ0v) is 13.7. The maximum atomic E-state index is 13.2. The third kappa shape index (κ3) is 2.18. The Kier molecular flexibility index (Phi) is 3.87. The molecule has 0 saturated heterocycles. The predicted molar refractivity (Wildman–Crippen MR) is 89.2 cm³/mol. The summed E-state index contributed by atoms with van der Waals surface area (Å²) in [7, 11) is 1.60. The zero-order chi connectivity index (χ0) is 15.7. The molecule has 0 bridgehead atoms. The van der Waals surface area contributed by atoms with Gasteiger partial charge < -0.3 is 9.47 Å². The number of aryl methyl sites for hydroxylation is 1. The smallest absolute Gasteiger partial charge is 0.190 e. The molecule has 3 nitrogen and oxygen atoms in total. The minimum atomic E-state index is -0.688. The van der Waals surface area contributed by atoms with E-state index in [0.717, 1.165) is 11.1 Å². The fourth-order valence-electron chi connectivity index (χ4n) is 2.89. The topological polar surface area (TPSA) is 35.5 Å². The van der Waals surface area contributed by atoms with E-state index in [-0.39, 0.29) is 5.78 Å². The molecule has 0 amide bonds. The minimum absolute atomic E-state index is 0.0956. The first-order chi connectivity index (χ1) is 10.6. The highest BCUT2D eigenvalue weighted by atomic mass is 32.2. The number of carbonyl (C=O) groups excluding carboxylic acids is 1. The fraction of sp³-hybridized carbons (Fsp3) is 0.278. The molecule has 2 aromatic rings. The van der Waals surface area contributed by atoms with Crippen molar-refractivity contribution in [2.75, 3.05) is 20.0 Å². The first kappa shape index (κ1) is 15.0. The Morgan fingerprint density at radius 1 is 1.23 bits per heavy atom. The number of hydrogen-bond acceptors (Lipinski definition) is 4. The van der Waals surface area contributed by atoms with Gasteiger partial charge in [0.2, 0.25) is 0 Å². The van der Waals surface area contributed by atoms with Gasteiger partial charge in [0.25, 0.3) is 0 Å². The second-order valence-electron chi connectivity index (χ2n) is 5.33. The van der Waals surface area contributed by atoms with Crippen LogP contribution in [0.2, 0.25) is 0 Å². The van der Waals surface area contributed by atoms with E-state index in [9.17, 15) is 4.79 Å². The Morgan fingerprint density at radius 2 is 2.00 bits per heavy atom. The van der Waals surface area contributed by atoms with E-state index in [0.29, 0.717) is 23.7 Å². The molecule has 3 rings (SSSR count). The number of benzene rings is 2. The van der Waals surface area contributed by atoms with E-state index in [4.69, 9.17) is 9.47 Å². The lowest BCUT2D eigenvalue weighted by molar-refractivity contribution is 0.0867. The first-order valence-corrected chi connectivity index (χ1v) is 8.32. The highest BCUT2D eigenvalue weighted by Crippen LogP contribution is 2.45. The van der Waals surface area contributed by atoms with E-state index in [1.807, 2.05) is 37.4 Å². The summed E-state index contributed by atoms with van der Waals surface area (Å²) in [5.41, 5.74) is 2.74. The van der Waals surface area contributed by atoms with Crippen molar-refractivity contribution in [1.82, 2.24) is 0 Å². The molecule has 0 N–H and O–H groups in total. The Morgan fingerprint density at radius 3 is 2.68 bits per heavy atom. The van der Waals surface area contributed by atoms with E-state index < -0.39 is 4.75 Å². The Bertz CT molecular complexity index is 726. The van der Waals surface area contributed by atoms with Crippen LogP contribution >= 0.6 is 11.8 Å². The van der Waals surface area contributed by atoms with Crippen molar-refractivity contribution in [3.63, 3.8) is 0 Å². The standard InChI is InChI=1S/C18H18O3S/c1-12-6-4-5-7-15(12)18(22-3)11-21-16-10-13(20-2)8-9-14(16)17(18)19/h4-10H,11H2,1-3H3. The largest absolute Gasteiger partial charge is 0.497 e. The van der Waals surface area contributed by atoms with Crippen LogP contribution in [0.1, 0.15) is 21.5 Å². The number of carbonyl (C=O) groups is 1. The first-order valence-electron chi connectivity index (χ1n) is 7.09. The van der Waals surface area contributed by atoms with Crippen molar-refractivity contribution in [2.45, 2.75) is 11.7 Å². The minimum Gasteiger partial charge on any atom is -0.497 e. The lowest BCUT2D eigenvalue weighted by Gasteiger charge is -2.36. The summed E-state index contributed by atoms with van der Waals surface area (Å²) in [5, 5.41) is 0. The monoisotopic (exact) mass is 314 g/mol. The lowest BCUT2D eigenvalue weighted by atomic mass is 9.85. The molecule has 1 aliphatic rings. The molecular formula is C18H18O3S. The average molecular weight is 314 g/mol. The molecular weight excluding hydrogens is 296 g/mol. The SMILES string of the molecule is COc1ccc2c(c1)OCC(SC)(c1ccccc1C)C2=O. The Balaban J connectivity index is 2.12. The van der Waals surface area contributed by atoms with Gasteiger partial charge in [0.05, 0.1) is 12.7 Å². The summed E-state index contributed by atoms with van der Waals surface area (Å²) in [6.45, 7) is 2.36. The highest BCUT2D eigenvalue weighted by molar-refractivity contribution is 8.00. The van der Waals surface area contributed by atoms with Crippen molar-refractivity contribution in [1.29, 1.82) is 0 Å². The van der Waals surface area contributed by atoms with Crippen molar-refractivity contribution in [3.05, 3.63) is 59.2 Å². The fourth-order valence-corrected chi connectivity index (χ4v) is 3.81. The van der Waals surface area contributed by atoms with Crippen molar-refractivity contribution in [3.8, 4) is 11.5 Å². The van der Waals surface area contributed by atoms with Crippen LogP contribution in [0.15, 0.2) is 42.5 Å². The number of methoxy groups -OCH3 is 1. The van der Waals surface area contributed by atoms with Gasteiger partial charge in [-0.25, -0.2) is 0 Å². The summed E-state index contributed by atoms with van der Waals surface area (Å²) in [5.74, 6) is 1.39. The van der Waals surface area contributed by atoms with Gasteiger partial charge in [-0.3, -0.25) is 4.79 Å². The number of Topliss-reactive ketones (excluding diaryl/α,β-unsaturated/α-hetero) is 1. The Labute approximate surface area is 134 Å². The summed E-state index contributed by atoms with van der Waals surface area (Å²) < 4.78 is 10.4. The van der Waals surface area contributed by atoms with E-state index in [2.05, 4.69) is 0 Å². The quantitative estimate of drug-likeness (QED) is 0.862. The lowest BCUT2D eigenvalue weighted by Crippen LogP contribution is -2.42. The predicted octanol–water partition coefficient (Wildman–Crippen LogP) is 3.84. The van der Waals surface area contributed by atoms with Gasteiger partial charge in [0.15, 0.2) is 5.78 Å². The van der Waals surface area contributed by atoms with Crippen LogP contribution in [0.5, 0.6) is 11.5 Å². The molecule has 1 atom stereocenters. The zero-order valence-electron chi connectivity index (χ0n) is 12.9. The molecule has 2 aromatic carbocycles. The second-order valence-corrected chi connectivity index (χ2v) is 6.43.